The number of fused-ring (bicyclic) bond motifs is 1. The second-order valence-electron chi connectivity index (χ2n) is 8.11. The SMILES string of the molecule is CCOC(=O)c1c(OCc2ccccc2)c(=O)n(Cc2cnn(-c3ccc(N)cc3)c2)c2ccsc12. The summed E-state index contributed by atoms with van der Waals surface area (Å²) in [5.74, 6) is -0.591. The lowest BCUT2D eigenvalue weighted by molar-refractivity contribution is 0.0523. The lowest BCUT2D eigenvalue weighted by Gasteiger charge is -2.15. The minimum Gasteiger partial charge on any atom is -0.482 e. The molecule has 5 aromatic rings. The quantitative estimate of drug-likeness (QED) is 0.246. The van der Waals surface area contributed by atoms with E-state index in [-0.39, 0.29) is 31.1 Å². The standard InChI is InChI=1S/C27H24N4O4S/c1-2-34-27(33)23-24(35-17-18-6-4-3-5-7-18)26(32)30(22-12-13-36-25(22)23)15-19-14-29-31(16-19)21-10-8-20(28)9-11-21/h3-14,16H,2,15,17,28H2,1H3. The number of hydrogen-bond acceptors (Lipinski definition) is 7. The van der Waals surface area contributed by atoms with Crippen LogP contribution in [0.15, 0.2) is 83.2 Å². The van der Waals surface area contributed by atoms with Crippen molar-refractivity contribution in [2.45, 2.75) is 20.1 Å². The highest BCUT2D eigenvalue weighted by Gasteiger charge is 2.26. The number of anilines is 1. The Morgan fingerprint density at radius 3 is 2.58 bits per heavy atom. The summed E-state index contributed by atoms with van der Waals surface area (Å²) in [7, 11) is 0. The summed E-state index contributed by atoms with van der Waals surface area (Å²) >= 11 is 1.37. The van der Waals surface area contributed by atoms with Crippen LogP contribution in [0.3, 0.4) is 0 Å². The van der Waals surface area contributed by atoms with Crippen LogP contribution in [0, 0.1) is 0 Å². The fraction of sp³-hybridized carbons (Fsp3) is 0.148. The molecule has 0 aliphatic carbocycles. The highest BCUT2D eigenvalue weighted by atomic mass is 32.1. The van der Waals surface area contributed by atoms with Crippen molar-refractivity contribution in [3.63, 3.8) is 0 Å². The van der Waals surface area contributed by atoms with Crippen LogP contribution in [0.5, 0.6) is 5.75 Å². The van der Waals surface area contributed by atoms with Gasteiger partial charge in [-0.3, -0.25) is 9.36 Å². The molecule has 8 nitrogen and oxygen atoms in total. The van der Waals surface area contributed by atoms with E-state index in [1.165, 1.54) is 11.3 Å². The second kappa shape index (κ2) is 10.1. The second-order valence-corrected chi connectivity index (χ2v) is 9.03. The molecule has 2 N–H and O–H groups in total. The van der Waals surface area contributed by atoms with E-state index < -0.39 is 11.5 Å². The van der Waals surface area contributed by atoms with Crippen molar-refractivity contribution in [2.75, 3.05) is 12.3 Å². The van der Waals surface area contributed by atoms with Gasteiger partial charge in [0, 0.05) is 17.4 Å². The number of hydrogen-bond donors (Lipinski definition) is 1. The number of nitrogens with zero attached hydrogens (tertiary/aromatic N) is 3. The molecule has 0 atom stereocenters. The molecule has 3 aromatic heterocycles. The van der Waals surface area contributed by atoms with Gasteiger partial charge in [0.25, 0.3) is 5.56 Å². The topological polar surface area (TPSA) is 101 Å². The number of thiophene rings is 1. The number of carbonyl (C=O) groups excluding carboxylic acids is 1. The molecular weight excluding hydrogens is 476 g/mol. The molecule has 2 aromatic carbocycles. The molecule has 36 heavy (non-hydrogen) atoms. The summed E-state index contributed by atoms with van der Waals surface area (Å²) in [5.41, 5.74) is 9.41. The van der Waals surface area contributed by atoms with Gasteiger partial charge in [-0.15, -0.1) is 11.3 Å². The Hall–Kier alpha value is -4.37. The molecule has 9 heteroatoms. The fourth-order valence-corrected chi connectivity index (χ4v) is 4.87. The predicted octanol–water partition coefficient (Wildman–Crippen LogP) is 4.63. The molecule has 0 aliphatic rings. The zero-order chi connectivity index (χ0) is 25.1. The van der Waals surface area contributed by atoms with E-state index in [2.05, 4.69) is 5.10 Å². The fourth-order valence-electron chi connectivity index (χ4n) is 3.95. The van der Waals surface area contributed by atoms with Gasteiger partial charge in [-0.25, -0.2) is 9.48 Å². The Morgan fingerprint density at radius 1 is 1.06 bits per heavy atom. The van der Waals surface area contributed by atoms with Gasteiger partial charge in [0.1, 0.15) is 12.2 Å². The van der Waals surface area contributed by atoms with Gasteiger partial charge in [-0.1, -0.05) is 30.3 Å². The minimum atomic E-state index is -0.576. The Morgan fingerprint density at radius 2 is 1.83 bits per heavy atom. The summed E-state index contributed by atoms with van der Waals surface area (Å²) in [6.45, 7) is 2.32. The average Bonchev–Trinajstić information content (AvgIpc) is 3.56. The van der Waals surface area contributed by atoms with Crippen LogP contribution in [0.25, 0.3) is 15.9 Å². The van der Waals surface area contributed by atoms with E-state index in [0.29, 0.717) is 15.9 Å². The number of nitrogens with two attached hydrogens (primary N) is 1. The molecule has 0 bridgehead atoms. The van der Waals surface area contributed by atoms with Gasteiger partial charge in [-0.2, -0.15) is 5.10 Å². The number of carbonyl (C=O) groups is 1. The van der Waals surface area contributed by atoms with Crippen molar-refractivity contribution in [1.29, 1.82) is 0 Å². The lowest BCUT2D eigenvalue weighted by Crippen LogP contribution is -2.26. The monoisotopic (exact) mass is 500 g/mol. The normalized spacial score (nSPS) is 11.0. The summed E-state index contributed by atoms with van der Waals surface area (Å²) in [6.07, 6.45) is 3.57. The van der Waals surface area contributed by atoms with Crippen molar-refractivity contribution in [3.8, 4) is 11.4 Å². The van der Waals surface area contributed by atoms with Gasteiger partial charge in [0.05, 0.1) is 35.3 Å². The molecule has 0 fully saturated rings. The first-order chi connectivity index (χ1) is 17.5. The highest BCUT2D eigenvalue weighted by molar-refractivity contribution is 7.17. The van der Waals surface area contributed by atoms with E-state index in [1.807, 2.05) is 60.1 Å². The molecule has 0 aliphatic heterocycles. The molecule has 5 rings (SSSR count). The van der Waals surface area contributed by atoms with Crippen LogP contribution in [-0.4, -0.2) is 26.9 Å². The maximum absolute atomic E-state index is 13.7. The predicted molar refractivity (Wildman–Crippen MR) is 140 cm³/mol. The maximum Gasteiger partial charge on any atom is 0.343 e. The Kier molecular flexibility index (Phi) is 6.55. The van der Waals surface area contributed by atoms with Crippen molar-refractivity contribution < 1.29 is 14.3 Å². The molecular formula is C27H24N4O4S. The van der Waals surface area contributed by atoms with Gasteiger partial charge in [-0.05, 0) is 48.2 Å². The average molecular weight is 501 g/mol. The molecule has 182 valence electrons. The van der Waals surface area contributed by atoms with Crippen LogP contribution in [-0.2, 0) is 17.9 Å². The first-order valence-electron chi connectivity index (χ1n) is 11.4. The first kappa shape index (κ1) is 23.4. The molecule has 0 amide bonds. The first-order valence-corrected chi connectivity index (χ1v) is 12.3. The zero-order valence-electron chi connectivity index (χ0n) is 19.6. The van der Waals surface area contributed by atoms with Gasteiger partial charge in [0.15, 0.2) is 0 Å². The summed E-state index contributed by atoms with van der Waals surface area (Å²) < 4.78 is 15.3. The molecule has 3 heterocycles. The van der Waals surface area contributed by atoms with Crippen molar-refractivity contribution in [1.82, 2.24) is 14.3 Å². The molecule has 0 saturated carbocycles. The van der Waals surface area contributed by atoms with E-state index >= 15 is 0 Å². The third-order valence-corrected chi connectivity index (χ3v) is 6.59. The van der Waals surface area contributed by atoms with E-state index in [9.17, 15) is 9.59 Å². The van der Waals surface area contributed by atoms with Gasteiger partial charge < -0.3 is 15.2 Å². The van der Waals surface area contributed by atoms with Crippen LogP contribution >= 0.6 is 11.3 Å². The number of rotatable bonds is 8. The largest absolute Gasteiger partial charge is 0.482 e. The summed E-state index contributed by atoms with van der Waals surface area (Å²) in [4.78, 5) is 26.7. The number of benzene rings is 2. The Balaban J connectivity index is 1.56. The highest BCUT2D eigenvalue weighted by Crippen LogP contribution is 2.31. The number of esters is 1. The molecule has 0 unspecified atom stereocenters. The van der Waals surface area contributed by atoms with Crippen LogP contribution in [0.2, 0.25) is 0 Å². The third-order valence-electron chi connectivity index (χ3n) is 5.67. The number of nitrogen functional groups attached to an aromatic ring is 1. The molecule has 0 radical (unpaired) electrons. The lowest BCUT2D eigenvalue weighted by atomic mass is 10.2. The van der Waals surface area contributed by atoms with Crippen molar-refractivity contribution in [2.24, 2.45) is 0 Å². The number of aromatic nitrogens is 3. The third kappa shape index (κ3) is 4.60. The molecule has 0 saturated heterocycles. The van der Waals surface area contributed by atoms with Gasteiger partial charge in [0.2, 0.25) is 5.75 Å². The smallest absolute Gasteiger partial charge is 0.343 e. The van der Waals surface area contributed by atoms with Crippen LogP contribution < -0.4 is 16.0 Å². The van der Waals surface area contributed by atoms with Gasteiger partial charge >= 0.3 is 5.97 Å². The minimum absolute atomic E-state index is 0.0156. The van der Waals surface area contributed by atoms with Crippen LogP contribution in [0.4, 0.5) is 5.69 Å². The number of ether oxygens (including phenoxy) is 2. The number of pyridine rings is 1. The van der Waals surface area contributed by atoms with E-state index in [1.54, 1.807) is 34.5 Å². The summed E-state index contributed by atoms with van der Waals surface area (Å²) in [5, 5.41) is 6.29. The van der Waals surface area contributed by atoms with Crippen molar-refractivity contribution >= 4 is 33.2 Å². The Bertz CT molecular complexity index is 1570. The maximum atomic E-state index is 13.7. The van der Waals surface area contributed by atoms with Crippen molar-refractivity contribution in [3.05, 3.63) is 105 Å². The zero-order valence-corrected chi connectivity index (χ0v) is 20.4. The van der Waals surface area contributed by atoms with E-state index in [4.69, 9.17) is 15.2 Å². The van der Waals surface area contributed by atoms with Crippen LogP contribution in [0.1, 0.15) is 28.4 Å². The molecule has 0 spiro atoms. The van der Waals surface area contributed by atoms with E-state index in [0.717, 1.165) is 16.8 Å². The Labute approximate surface area is 211 Å². The summed E-state index contributed by atoms with van der Waals surface area (Å²) in [6, 6.07) is 18.7.